The topological polar surface area (TPSA) is 55.1 Å². The smallest absolute Gasteiger partial charge is 0.253 e. The van der Waals surface area contributed by atoms with Crippen LogP contribution in [0.15, 0.2) is 15.2 Å². The van der Waals surface area contributed by atoms with Gasteiger partial charge in [-0.3, -0.25) is 4.79 Å². The van der Waals surface area contributed by atoms with Gasteiger partial charge in [0.25, 0.3) is 5.91 Å². The molecule has 0 fully saturated rings. The van der Waals surface area contributed by atoms with Crippen molar-refractivity contribution in [1.29, 1.82) is 0 Å². The van der Waals surface area contributed by atoms with E-state index in [2.05, 4.69) is 33.5 Å². The van der Waals surface area contributed by atoms with Gasteiger partial charge in [-0.15, -0.1) is 11.3 Å². The number of nitrogens with two attached hydrogens (primary N) is 1. The zero-order valence-electron chi connectivity index (χ0n) is 6.54. The van der Waals surface area contributed by atoms with Crippen LogP contribution in [0.25, 0.3) is 0 Å². The Balaban J connectivity index is 2.59. The van der Waals surface area contributed by atoms with Crippen molar-refractivity contribution in [2.45, 2.75) is 0 Å². The molecule has 6 heteroatoms. The van der Waals surface area contributed by atoms with E-state index in [-0.39, 0.29) is 17.4 Å². The molecule has 3 nitrogen and oxygen atoms in total. The average Bonchev–Trinajstić information content (AvgIpc) is 2.47. The predicted octanol–water partition coefficient (Wildman–Crippen LogP) is 1.53. The molecule has 0 aromatic carbocycles. The number of rotatable bonds is 3. The van der Waals surface area contributed by atoms with Gasteiger partial charge in [-0.05, 0) is 27.4 Å². The largest absolute Gasteiger partial charge is 0.392 e. The van der Waals surface area contributed by atoms with Crippen molar-refractivity contribution in [2.75, 3.05) is 6.54 Å². The number of carbonyl (C=O) groups excluding carboxylic acids is 1. The zero-order valence-corrected chi connectivity index (χ0v) is 9.76. The van der Waals surface area contributed by atoms with Crippen molar-refractivity contribution in [1.82, 2.24) is 5.32 Å². The SMILES string of the molecule is NC(=S)CNC(=O)c1ccsc1Br. The highest BCUT2D eigenvalue weighted by Crippen LogP contribution is 2.22. The fraction of sp³-hybridized carbons (Fsp3) is 0.143. The van der Waals surface area contributed by atoms with Crippen molar-refractivity contribution >= 4 is 50.4 Å². The van der Waals surface area contributed by atoms with E-state index >= 15 is 0 Å². The summed E-state index contributed by atoms with van der Waals surface area (Å²) in [6.07, 6.45) is 0. The molecule has 70 valence electrons. The Hall–Kier alpha value is -0.460. The molecule has 1 heterocycles. The summed E-state index contributed by atoms with van der Waals surface area (Å²) in [4.78, 5) is 11.7. The summed E-state index contributed by atoms with van der Waals surface area (Å²) < 4.78 is 0.813. The fourth-order valence-corrected chi connectivity index (χ4v) is 2.04. The van der Waals surface area contributed by atoms with E-state index in [0.29, 0.717) is 5.56 Å². The van der Waals surface area contributed by atoms with Crippen LogP contribution in [0.5, 0.6) is 0 Å². The van der Waals surface area contributed by atoms with Crippen LogP contribution in [-0.4, -0.2) is 17.4 Å². The molecule has 0 bridgehead atoms. The minimum Gasteiger partial charge on any atom is -0.392 e. The van der Waals surface area contributed by atoms with E-state index in [1.54, 1.807) is 6.07 Å². The predicted molar refractivity (Wildman–Crippen MR) is 61.1 cm³/mol. The molecule has 0 aliphatic heterocycles. The van der Waals surface area contributed by atoms with Crippen LogP contribution in [0.4, 0.5) is 0 Å². The van der Waals surface area contributed by atoms with Gasteiger partial charge in [0.05, 0.1) is 20.9 Å². The normalized spacial score (nSPS) is 9.62. The van der Waals surface area contributed by atoms with E-state index in [4.69, 9.17) is 5.73 Å². The van der Waals surface area contributed by atoms with Crippen molar-refractivity contribution in [2.24, 2.45) is 5.73 Å². The van der Waals surface area contributed by atoms with E-state index in [0.717, 1.165) is 3.79 Å². The molecule has 3 N–H and O–H groups in total. The van der Waals surface area contributed by atoms with Crippen molar-refractivity contribution in [3.63, 3.8) is 0 Å². The third-order valence-electron chi connectivity index (χ3n) is 1.29. The summed E-state index contributed by atoms with van der Waals surface area (Å²) in [6, 6.07) is 1.74. The third-order valence-corrected chi connectivity index (χ3v) is 3.12. The second kappa shape index (κ2) is 4.69. The van der Waals surface area contributed by atoms with Gasteiger partial charge in [0, 0.05) is 0 Å². The molecule has 0 aliphatic rings. The van der Waals surface area contributed by atoms with Crippen LogP contribution in [0.1, 0.15) is 10.4 Å². The number of thiophene rings is 1. The second-order valence-electron chi connectivity index (χ2n) is 2.26. The van der Waals surface area contributed by atoms with Crippen LogP contribution in [0.3, 0.4) is 0 Å². The number of nitrogens with one attached hydrogen (secondary N) is 1. The number of carbonyl (C=O) groups is 1. The quantitative estimate of drug-likeness (QED) is 0.825. The molecule has 0 unspecified atom stereocenters. The Bertz CT molecular complexity index is 337. The van der Waals surface area contributed by atoms with Crippen molar-refractivity contribution in [3.8, 4) is 0 Å². The maximum absolute atomic E-state index is 11.4. The highest BCUT2D eigenvalue weighted by molar-refractivity contribution is 9.11. The van der Waals surface area contributed by atoms with Gasteiger partial charge in [0.15, 0.2) is 0 Å². The molecule has 1 rings (SSSR count). The van der Waals surface area contributed by atoms with E-state index < -0.39 is 0 Å². The van der Waals surface area contributed by atoms with E-state index in [9.17, 15) is 4.79 Å². The lowest BCUT2D eigenvalue weighted by Crippen LogP contribution is -2.32. The zero-order chi connectivity index (χ0) is 9.84. The first-order valence-electron chi connectivity index (χ1n) is 3.40. The first-order chi connectivity index (χ1) is 6.11. The highest BCUT2D eigenvalue weighted by atomic mass is 79.9. The Morgan fingerprint density at radius 3 is 2.92 bits per heavy atom. The summed E-state index contributed by atoms with van der Waals surface area (Å²) in [6.45, 7) is 0.233. The summed E-state index contributed by atoms with van der Waals surface area (Å²) in [7, 11) is 0. The number of amides is 1. The molecule has 1 aromatic rings. The van der Waals surface area contributed by atoms with E-state index in [1.807, 2.05) is 5.38 Å². The molecule has 1 aromatic heterocycles. The Morgan fingerprint density at radius 1 is 1.77 bits per heavy atom. The highest BCUT2D eigenvalue weighted by Gasteiger charge is 2.09. The van der Waals surface area contributed by atoms with Gasteiger partial charge in [-0.2, -0.15) is 0 Å². The average molecular weight is 279 g/mol. The molecule has 13 heavy (non-hydrogen) atoms. The molecule has 0 atom stereocenters. The summed E-state index contributed by atoms with van der Waals surface area (Å²) in [5, 5.41) is 4.43. The summed E-state index contributed by atoms with van der Waals surface area (Å²) in [5.41, 5.74) is 5.85. The molecule has 0 radical (unpaired) electrons. The summed E-state index contributed by atoms with van der Waals surface area (Å²) >= 11 is 9.36. The lowest BCUT2D eigenvalue weighted by molar-refractivity contribution is 0.0959. The Morgan fingerprint density at radius 2 is 2.46 bits per heavy atom. The lowest BCUT2D eigenvalue weighted by Gasteiger charge is -2.01. The first kappa shape index (κ1) is 10.6. The van der Waals surface area contributed by atoms with Crippen molar-refractivity contribution in [3.05, 3.63) is 20.8 Å². The second-order valence-corrected chi connectivity index (χ2v) is 5.02. The minimum absolute atomic E-state index is 0.166. The molecular formula is C7H7BrN2OS2. The molecule has 0 saturated heterocycles. The molecule has 0 saturated carbocycles. The maximum atomic E-state index is 11.4. The number of hydrogen-bond donors (Lipinski definition) is 2. The van der Waals surface area contributed by atoms with Crippen LogP contribution >= 0.6 is 39.5 Å². The Labute approximate surface area is 93.4 Å². The monoisotopic (exact) mass is 278 g/mol. The van der Waals surface area contributed by atoms with Gasteiger partial charge in [-0.1, -0.05) is 12.2 Å². The third kappa shape index (κ3) is 3.06. The van der Waals surface area contributed by atoms with Gasteiger partial charge in [-0.25, -0.2) is 0 Å². The number of thiocarbonyl (C=S) groups is 1. The van der Waals surface area contributed by atoms with Crippen molar-refractivity contribution < 1.29 is 4.79 Å². The minimum atomic E-state index is -0.166. The van der Waals surface area contributed by atoms with Gasteiger partial charge >= 0.3 is 0 Å². The standard InChI is InChI=1S/C7H7BrN2OS2/c8-6-4(1-2-13-6)7(11)10-3-5(9)12/h1-2H,3H2,(H2,9,12)(H,10,11). The van der Waals surface area contributed by atoms with Gasteiger partial charge < -0.3 is 11.1 Å². The lowest BCUT2D eigenvalue weighted by atomic mass is 10.3. The first-order valence-corrected chi connectivity index (χ1v) is 5.49. The van der Waals surface area contributed by atoms with E-state index in [1.165, 1.54) is 11.3 Å². The van der Waals surface area contributed by atoms with Crippen LogP contribution in [0, 0.1) is 0 Å². The van der Waals surface area contributed by atoms with Crippen LogP contribution in [0.2, 0.25) is 0 Å². The molecular weight excluding hydrogens is 272 g/mol. The fourth-order valence-electron chi connectivity index (χ4n) is 0.718. The van der Waals surface area contributed by atoms with Crippen LogP contribution in [-0.2, 0) is 0 Å². The van der Waals surface area contributed by atoms with Crippen LogP contribution < -0.4 is 11.1 Å². The van der Waals surface area contributed by atoms with Gasteiger partial charge in [0.2, 0.25) is 0 Å². The number of hydrogen-bond acceptors (Lipinski definition) is 3. The Kier molecular flexibility index (Phi) is 3.83. The molecule has 1 amide bonds. The number of halogens is 1. The molecule has 0 spiro atoms. The summed E-state index contributed by atoms with van der Waals surface area (Å²) in [5.74, 6) is -0.166. The molecule has 0 aliphatic carbocycles. The maximum Gasteiger partial charge on any atom is 0.253 e. The van der Waals surface area contributed by atoms with Gasteiger partial charge in [0.1, 0.15) is 0 Å².